The maximum atomic E-state index is 13.0. The number of nitrogens with one attached hydrogen (secondary N) is 4. The molecular formula is C31H41N5O6. The van der Waals surface area contributed by atoms with E-state index in [2.05, 4.69) is 20.9 Å². The molecule has 3 rings (SSSR count). The highest BCUT2D eigenvalue weighted by Gasteiger charge is 2.23. The van der Waals surface area contributed by atoms with Gasteiger partial charge in [0.05, 0.1) is 12.8 Å². The number of primary amides is 1. The first kappa shape index (κ1) is 32.0. The average Bonchev–Trinajstić information content (AvgIpc) is 3.33. The van der Waals surface area contributed by atoms with Crippen LogP contribution in [0.3, 0.4) is 0 Å². The van der Waals surface area contributed by atoms with Crippen molar-refractivity contribution in [2.24, 2.45) is 5.73 Å². The van der Waals surface area contributed by atoms with E-state index in [-0.39, 0.29) is 12.8 Å². The molecule has 11 nitrogen and oxygen atoms in total. The summed E-state index contributed by atoms with van der Waals surface area (Å²) in [5.74, 6) is -0.983. The first-order valence-corrected chi connectivity index (χ1v) is 14.1. The summed E-state index contributed by atoms with van der Waals surface area (Å²) in [4.78, 5) is 52.2. The molecule has 0 saturated carbocycles. The van der Waals surface area contributed by atoms with E-state index in [1.165, 1.54) is 0 Å². The van der Waals surface area contributed by atoms with Gasteiger partial charge < -0.3 is 36.1 Å². The normalized spacial score (nSPS) is 11.9. The van der Waals surface area contributed by atoms with E-state index in [1.807, 2.05) is 48.5 Å². The molecule has 11 heteroatoms. The van der Waals surface area contributed by atoms with Crippen molar-refractivity contribution < 1.29 is 28.7 Å². The molecule has 0 unspecified atom stereocenters. The van der Waals surface area contributed by atoms with Crippen molar-refractivity contribution >= 4 is 34.7 Å². The maximum absolute atomic E-state index is 13.0. The number of aromatic amines is 1. The number of rotatable bonds is 15. The Bertz CT molecular complexity index is 1350. The van der Waals surface area contributed by atoms with E-state index in [4.69, 9.17) is 15.2 Å². The summed E-state index contributed by atoms with van der Waals surface area (Å²) in [6, 6.07) is 14.3. The Morgan fingerprint density at radius 2 is 1.64 bits per heavy atom. The van der Waals surface area contributed by atoms with Crippen LogP contribution in [0.25, 0.3) is 10.9 Å². The molecular weight excluding hydrogens is 538 g/mol. The Labute approximate surface area is 245 Å². The van der Waals surface area contributed by atoms with Crippen molar-refractivity contribution in [2.45, 2.75) is 71.1 Å². The summed E-state index contributed by atoms with van der Waals surface area (Å²) < 4.78 is 11.3. The van der Waals surface area contributed by atoms with Crippen LogP contribution in [0.4, 0.5) is 4.79 Å². The fourth-order valence-corrected chi connectivity index (χ4v) is 4.31. The first-order valence-electron chi connectivity index (χ1n) is 14.1. The molecule has 2 aromatic carbocycles. The first-order chi connectivity index (χ1) is 20.0. The number of hydrogen-bond acceptors (Lipinski definition) is 6. The van der Waals surface area contributed by atoms with Crippen LogP contribution in [0.5, 0.6) is 5.75 Å². The predicted molar refractivity (Wildman–Crippen MR) is 160 cm³/mol. The number of unbranched alkanes of at least 4 members (excludes halogenated alkanes) is 2. The number of fused-ring (bicyclic) bond motifs is 1. The molecule has 0 fully saturated rings. The predicted octanol–water partition coefficient (Wildman–Crippen LogP) is 3.46. The van der Waals surface area contributed by atoms with Gasteiger partial charge in [-0.05, 0) is 63.3 Å². The number of H-pyrrole nitrogens is 1. The molecule has 226 valence electrons. The molecule has 0 radical (unpaired) electrons. The number of aromatic nitrogens is 1. The minimum absolute atomic E-state index is 0.0289. The summed E-state index contributed by atoms with van der Waals surface area (Å²) in [6.07, 6.45) is 3.02. The maximum Gasteiger partial charge on any atom is 0.407 e. The third-order valence-corrected chi connectivity index (χ3v) is 6.22. The average molecular weight is 580 g/mol. The molecule has 42 heavy (non-hydrogen) atoms. The largest absolute Gasteiger partial charge is 0.488 e. The summed E-state index contributed by atoms with van der Waals surface area (Å²) in [7, 11) is 0. The van der Waals surface area contributed by atoms with Gasteiger partial charge in [-0.1, -0.05) is 36.4 Å². The van der Waals surface area contributed by atoms with Gasteiger partial charge in [-0.25, -0.2) is 4.79 Å². The Balaban J connectivity index is 1.50. The van der Waals surface area contributed by atoms with Crippen molar-refractivity contribution in [1.82, 2.24) is 20.9 Å². The van der Waals surface area contributed by atoms with E-state index in [0.29, 0.717) is 43.9 Å². The lowest BCUT2D eigenvalue weighted by Gasteiger charge is -2.19. The number of alkyl carbamates (subject to hydrolysis) is 1. The van der Waals surface area contributed by atoms with Crippen LogP contribution in [0.15, 0.2) is 54.7 Å². The second-order valence-corrected chi connectivity index (χ2v) is 11.0. The molecule has 0 aliphatic carbocycles. The van der Waals surface area contributed by atoms with Crippen LogP contribution in [0, 0.1) is 0 Å². The Hall–Kier alpha value is -4.54. The molecule has 0 aliphatic heterocycles. The number of ether oxygens (including phenoxy) is 2. The van der Waals surface area contributed by atoms with Crippen molar-refractivity contribution in [3.05, 3.63) is 65.9 Å². The molecule has 1 aromatic heterocycles. The minimum Gasteiger partial charge on any atom is -0.488 e. The number of carbonyl (C=O) groups excluding carboxylic acids is 4. The fourth-order valence-electron chi connectivity index (χ4n) is 4.31. The van der Waals surface area contributed by atoms with Gasteiger partial charge >= 0.3 is 6.09 Å². The Morgan fingerprint density at radius 1 is 0.929 bits per heavy atom. The van der Waals surface area contributed by atoms with E-state index in [9.17, 15) is 19.2 Å². The second kappa shape index (κ2) is 15.5. The van der Waals surface area contributed by atoms with E-state index >= 15 is 0 Å². The van der Waals surface area contributed by atoms with Gasteiger partial charge in [0.15, 0.2) is 0 Å². The van der Waals surface area contributed by atoms with Crippen LogP contribution >= 0.6 is 0 Å². The molecule has 0 saturated heterocycles. The zero-order valence-corrected chi connectivity index (χ0v) is 24.5. The van der Waals surface area contributed by atoms with Gasteiger partial charge in [-0.3, -0.25) is 14.4 Å². The van der Waals surface area contributed by atoms with Crippen molar-refractivity contribution in [3.8, 4) is 5.75 Å². The molecule has 3 aromatic rings. The van der Waals surface area contributed by atoms with Gasteiger partial charge in [0.25, 0.3) is 0 Å². The van der Waals surface area contributed by atoms with E-state index in [1.54, 1.807) is 27.0 Å². The number of carbonyl (C=O) groups is 4. The summed E-state index contributed by atoms with van der Waals surface area (Å²) in [5.41, 5.74) is 7.33. The number of amides is 4. The Morgan fingerprint density at radius 3 is 2.33 bits per heavy atom. The summed E-state index contributed by atoms with van der Waals surface area (Å²) in [6.45, 7) is 6.56. The van der Waals surface area contributed by atoms with Gasteiger partial charge in [-0.2, -0.15) is 0 Å². The van der Waals surface area contributed by atoms with Gasteiger partial charge in [0.2, 0.25) is 17.7 Å². The number of benzene rings is 2. The quantitative estimate of drug-likeness (QED) is 0.173. The molecule has 4 amide bonds. The highest BCUT2D eigenvalue weighted by molar-refractivity contribution is 5.95. The van der Waals surface area contributed by atoms with Crippen LogP contribution in [-0.2, 0) is 32.1 Å². The van der Waals surface area contributed by atoms with Crippen molar-refractivity contribution in [2.75, 3.05) is 13.1 Å². The third-order valence-electron chi connectivity index (χ3n) is 6.22. The molecule has 1 atom stereocenters. The molecule has 6 N–H and O–H groups in total. The third kappa shape index (κ3) is 10.8. The monoisotopic (exact) mass is 579 g/mol. The summed E-state index contributed by atoms with van der Waals surface area (Å²) >= 11 is 0. The van der Waals surface area contributed by atoms with Gasteiger partial charge in [-0.15, -0.1) is 0 Å². The molecule has 0 aliphatic rings. The molecule has 0 spiro atoms. The van der Waals surface area contributed by atoms with Crippen molar-refractivity contribution in [3.63, 3.8) is 0 Å². The zero-order valence-electron chi connectivity index (χ0n) is 24.5. The minimum atomic E-state index is -1.09. The number of nitrogens with two attached hydrogens (primary N) is 1. The second-order valence-electron chi connectivity index (χ2n) is 11.0. The molecule has 1 heterocycles. The lowest BCUT2D eigenvalue weighted by atomic mass is 10.1. The van der Waals surface area contributed by atoms with E-state index < -0.39 is 35.5 Å². The summed E-state index contributed by atoms with van der Waals surface area (Å²) in [5, 5.41) is 8.88. The van der Waals surface area contributed by atoms with Crippen LogP contribution in [0.2, 0.25) is 0 Å². The van der Waals surface area contributed by atoms with Gasteiger partial charge in [0, 0.05) is 30.2 Å². The lowest BCUT2D eigenvalue weighted by Crippen LogP contribution is -2.49. The molecule has 0 bridgehead atoms. The smallest absolute Gasteiger partial charge is 0.407 e. The van der Waals surface area contributed by atoms with Crippen LogP contribution in [0.1, 0.15) is 57.6 Å². The van der Waals surface area contributed by atoms with Crippen LogP contribution in [-0.4, -0.2) is 53.5 Å². The highest BCUT2D eigenvalue weighted by Crippen LogP contribution is 2.30. The Kier molecular flexibility index (Phi) is 11.8. The highest BCUT2D eigenvalue weighted by atomic mass is 16.6. The lowest BCUT2D eigenvalue weighted by molar-refractivity contribution is -0.130. The SMILES string of the molecule is CC(C)(C)OC(=O)NCCCCCNC(=O)[C@H](CC(N)=O)NC(=O)Cc1c[nH]c2cccc(OCc3ccccc3)c12. The fraction of sp³-hybridized carbons (Fsp3) is 0.419. The van der Waals surface area contributed by atoms with Crippen molar-refractivity contribution in [1.29, 1.82) is 0 Å². The standard InChI is InChI=1S/C31H41N5O6/c1-31(2,3)42-30(40)34-16-9-5-8-15-33-29(39)24(18-26(32)37)36-27(38)17-22-19-35-23-13-10-14-25(28(22)23)41-20-21-11-6-4-7-12-21/h4,6-7,10-14,19,24,35H,5,8-9,15-18,20H2,1-3H3,(H2,32,37)(H,33,39)(H,34,40)(H,36,38)/t24-/m0/s1. The van der Waals surface area contributed by atoms with Gasteiger partial charge in [0.1, 0.15) is 24.0 Å². The zero-order chi connectivity index (χ0) is 30.5. The number of hydrogen-bond donors (Lipinski definition) is 5. The van der Waals surface area contributed by atoms with Crippen LogP contribution < -0.4 is 26.4 Å². The topological polar surface area (TPSA) is 165 Å². The van der Waals surface area contributed by atoms with E-state index in [0.717, 1.165) is 22.9 Å².